The highest BCUT2D eigenvalue weighted by Gasteiger charge is 2.32. The monoisotopic (exact) mass is 497 g/mol. The first-order valence-corrected chi connectivity index (χ1v) is 10.1. The SMILES string of the molecule is NC(=O)CC(NC(=O)C(Cc1ccc(O)cc1)NC(=O)C(N)CO)C(=O)NC(CC(=O)O)C(=O)O. The third-order valence-corrected chi connectivity index (χ3v) is 4.57. The highest BCUT2D eigenvalue weighted by molar-refractivity contribution is 5.96. The van der Waals surface area contributed by atoms with Gasteiger partial charge < -0.3 is 47.8 Å². The maximum atomic E-state index is 12.9. The Morgan fingerprint density at radius 1 is 0.800 bits per heavy atom. The molecule has 1 aromatic rings. The fourth-order valence-corrected chi connectivity index (χ4v) is 2.77. The number of carbonyl (C=O) groups excluding carboxylic acids is 4. The lowest BCUT2D eigenvalue weighted by molar-refractivity contribution is -0.147. The Bertz CT molecular complexity index is 952. The van der Waals surface area contributed by atoms with E-state index in [2.05, 4.69) is 10.6 Å². The first-order valence-electron chi connectivity index (χ1n) is 10.1. The molecule has 0 saturated carbocycles. The van der Waals surface area contributed by atoms with Crippen LogP contribution in [0.2, 0.25) is 0 Å². The standard InChI is InChI=1S/C20H27N5O10/c21-11(8-26)17(31)23-12(5-9-1-3-10(27)4-2-9)18(32)24-13(6-15(22)28)19(33)25-14(20(34)35)7-16(29)30/h1-4,11-14,26-27H,5-8,21H2,(H2,22,28)(H,23,31)(H,24,32)(H,25,33)(H,29,30)(H,34,35). The number of aliphatic carboxylic acids is 2. The van der Waals surface area contributed by atoms with Crippen LogP contribution in [0.5, 0.6) is 5.75 Å². The normalized spacial score (nSPS) is 14.0. The van der Waals surface area contributed by atoms with Gasteiger partial charge in [-0.15, -0.1) is 0 Å². The number of carbonyl (C=O) groups is 6. The maximum Gasteiger partial charge on any atom is 0.326 e. The van der Waals surface area contributed by atoms with E-state index in [0.717, 1.165) is 0 Å². The number of aromatic hydroxyl groups is 1. The number of carboxylic acids is 2. The summed E-state index contributed by atoms with van der Waals surface area (Å²) in [4.78, 5) is 71.2. The summed E-state index contributed by atoms with van der Waals surface area (Å²) >= 11 is 0. The van der Waals surface area contributed by atoms with Gasteiger partial charge in [-0.2, -0.15) is 0 Å². The molecule has 0 bridgehead atoms. The van der Waals surface area contributed by atoms with Crippen molar-refractivity contribution in [3.8, 4) is 5.75 Å². The molecule has 0 aliphatic carbocycles. The lowest BCUT2D eigenvalue weighted by atomic mass is 10.0. The van der Waals surface area contributed by atoms with Gasteiger partial charge in [-0.25, -0.2) is 4.79 Å². The molecule has 4 unspecified atom stereocenters. The molecule has 0 heterocycles. The molecular weight excluding hydrogens is 470 g/mol. The summed E-state index contributed by atoms with van der Waals surface area (Å²) in [6, 6.07) is -0.782. The zero-order chi connectivity index (χ0) is 26.7. The summed E-state index contributed by atoms with van der Waals surface area (Å²) in [6.07, 6.45) is -1.92. The van der Waals surface area contributed by atoms with Crippen molar-refractivity contribution in [2.24, 2.45) is 11.5 Å². The third kappa shape index (κ3) is 10.1. The van der Waals surface area contributed by atoms with E-state index in [1.165, 1.54) is 24.3 Å². The van der Waals surface area contributed by atoms with Crippen molar-refractivity contribution < 1.29 is 49.2 Å². The molecule has 4 amide bonds. The third-order valence-electron chi connectivity index (χ3n) is 4.57. The summed E-state index contributed by atoms with van der Waals surface area (Å²) in [5.41, 5.74) is 11.0. The summed E-state index contributed by atoms with van der Waals surface area (Å²) in [5.74, 6) is -7.40. The van der Waals surface area contributed by atoms with E-state index >= 15 is 0 Å². The van der Waals surface area contributed by atoms with Crippen molar-refractivity contribution in [1.29, 1.82) is 0 Å². The van der Waals surface area contributed by atoms with Crippen LogP contribution in [0, 0.1) is 0 Å². The lowest BCUT2D eigenvalue weighted by Crippen LogP contribution is -2.58. The molecule has 0 saturated heterocycles. The van der Waals surface area contributed by atoms with Crippen molar-refractivity contribution in [3.63, 3.8) is 0 Å². The van der Waals surface area contributed by atoms with Crippen molar-refractivity contribution in [1.82, 2.24) is 16.0 Å². The first-order chi connectivity index (χ1) is 16.3. The molecule has 0 aliphatic heterocycles. The Labute approximate surface area is 198 Å². The average molecular weight is 497 g/mol. The van der Waals surface area contributed by atoms with Crippen LogP contribution in [0.3, 0.4) is 0 Å². The van der Waals surface area contributed by atoms with E-state index in [4.69, 9.17) is 26.8 Å². The Morgan fingerprint density at radius 3 is 1.80 bits per heavy atom. The second-order valence-electron chi connectivity index (χ2n) is 7.45. The number of aliphatic hydroxyl groups excluding tert-OH is 1. The van der Waals surface area contributed by atoms with Crippen molar-refractivity contribution >= 4 is 35.6 Å². The Kier molecular flexibility index (Phi) is 11.1. The van der Waals surface area contributed by atoms with Gasteiger partial charge in [0.1, 0.15) is 29.9 Å². The molecule has 0 aliphatic rings. The van der Waals surface area contributed by atoms with Gasteiger partial charge in [0.15, 0.2) is 0 Å². The van der Waals surface area contributed by atoms with Gasteiger partial charge in [0, 0.05) is 6.42 Å². The minimum atomic E-state index is -1.86. The molecule has 0 aromatic heterocycles. The topological polar surface area (TPSA) is 271 Å². The number of phenolic OH excluding ortho intramolecular Hbond substituents is 1. The van der Waals surface area contributed by atoms with Crippen LogP contribution in [0.25, 0.3) is 0 Å². The summed E-state index contributed by atoms with van der Waals surface area (Å²) in [5, 5.41) is 42.8. The molecule has 15 heteroatoms. The predicted octanol–water partition coefficient (Wildman–Crippen LogP) is -3.86. The van der Waals surface area contributed by atoms with Crippen LogP contribution in [0.15, 0.2) is 24.3 Å². The fraction of sp³-hybridized carbons (Fsp3) is 0.400. The summed E-state index contributed by atoms with van der Waals surface area (Å²) in [6.45, 7) is -0.730. The van der Waals surface area contributed by atoms with Crippen molar-refractivity contribution in [3.05, 3.63) is 29.8 Å². The second-order valence-corrected chi connectivity index (χ2v) is 7.45. The van der Waals surface area contributed by atoms with E-state index in [9.17, 15) is 33.9 Å². The number of phenols is 1. The number of aliphatic hydroxyl groups is 1. The van der Waals surface area contributed by atoms with Crippen molar-refractivity contribution in [2.75, 3.05) is 6.61 Å². The number of primary amides is 1. The lowest BCUT2D eigenvalue weighted by Gasteiger charge is -2.24. The molecule has 0 spiro atoms. The van der Waals surface area contributed by atoms with Gasteiger partial charge >= 0.3 is 11.9 Å². The fourth-order valence-electron chi connectivity index (χ4n) is 2.77. The van der Waals surface area contributed by atoms with Gasteiger partial charge in [0.25, 0.3) is 0 Å². The zero-order valence-corrected chi connectivity index (χ0v) is 18.3. The summed E-state index contributed by atoms with van der Waals surface area (Å²) < 4.78 is 0. The van der Waals surface area contributed by atoms with Gasteiger partial charge in [0.05, 0.1) is 19.4 Å². The zero-order valence-electron chi connectivity index (χ0n) is 18.3. The maximum absolute atomic E-state index is 12.9. The molecule has 35 heavy (non-hydrogen) atoms. The predicted molar refractivity (Wildman–Crippen MR) is 116 cm³/mol. The van der Waals surface area contributed by atoms with Crippen LogP contribution in [-0.4, -0.2) is 86.8 Å². The largest absolute Gasteiger partial charge is 0.508 e. The number of amides is 4. The number of hydrogen-bond acceptors (Lipinski definition) is 9. The van der Waals surface area contributed by atoms with Gasteiger partial charge in [0.2, 0.25) is 23.6 Å². The minimum absolute atomic E-state index is 0.0615. The van der Waals surface area contributed by atoms with Crippen LogP contribution in [-0.2, 0) is 35.2 Å². The second kappa shape index (κ2) is 13.5. The first kappa shape index (κ1) is 28.8. The van der Waals surface area contributed by atoms with Crippen LogP contribution in [0.1, 0.15) is 18.4 Å². The number of nitrogens with one attached hydrogen (secondary N) is 3. The van der Waals surface area contributed by atoms with Crippen LogP contribution >= 0.6 is 0 Å². The molecule has 4 atom stereocenters. The molecule has 1 rings (SSSR count). The van der Waals surface area contributed by atoms with Gasteiger partial charge in [-0.1, -0.05) is 12.1 Å². The Morgan fingerprint density at radius 2 is 1.31 bits per heavy atom. The van der Waals surface area contributed by atoms with Gasteiger partial charge in [-0.3, -0.25) is 24.0 Å². The van der Waals surface area contributed by atoms with Gasteiger partial charge in [-0.05, 0) is 17.7 Å². The molecule has 1 aromatic carbocycles. The van der Waals surface area contributed by atoms with E-state index in [0.29, 0.717) is 5.56 Å². The molecule has 11 N–H and O–H groups in total. The van der Waals surface area contributed by atoms with E-state index in [-0.39, 0.29) is 12.2 Å². The van der Waals surface area contributed by atoms with Crippen molar-refractivity contribution in [2.45, 2.75) is 43.4 Å². The van der Waals surface area contributed by atoms with E-state index < -0.39 is 79.2 Å². The molecule has 192 valence electrons. The quantitative estimate of drug-likeness (QED) is 0.120. The minimum Gasteiger partial charge on any atom is -0.508 e. The number of nitrogens with two attached hydrogens (primary N) is 2. The van der Waals surface area contributed by atoms with Crippen LogP contribution < -0.4 is 27.4 Å². The molecule has 15 nitrogen and oxygen atoms in total. The van der Waals surface area contributed by atoms with E-state index in [1.54, 1.807) is 0 Å². The Balaban J connectivity index is 3.13. The number of carboxylic acid groups (broad SMARTS) is 2. The molecular formula is C20H27N5O10. The highest BCUT2D eigenvalue weighted by atomic mass is 16.4. The Hall–Kier alpha value is -4.24. The number of rotatable bonds is 14. The van der Waals surface area contributed by atoms with E-state index in [1.807, 2.05) is 5.32 Å². The smallest absolute Gasteiger partial charge is 0.326 e. The summed E-state index contributed by atoms with van der Waals surface area (Å²) in [7, 11) is 0. The number of benzene rings is 1. The average Bonchev–Trinajstić information content (AvgIpc) is 2.77. The van der Waals surface area contributed by atoms with Crippen LogP contribution in [0.4, 0.5) is 0 Å². The molecule has 0 radical (unpaired) electrons. The highest BCUT2D eigenvalue weighted by Crippen LogP contribution is 2.12. The molecule has 0 fully saturated rings. The number of hydrogen-bond donors (Lipinski definition) is 9.